The number of ketones is 3. The summed E-state index contributed by atoms with van der Waals surface area (Å²) >= 11 is 0. The average Bonchev–Trinajstić information content (AvgIpc) is 3.17. The lowest BCUT2D eigenvalue weighted by Gasteiger charge is -2.19. The Labute approximate surface area is 182 Å². The minimum Gasteiger partial charge on any atom is -0.454 e. The van der Waals surface area contributed by atoms with Crippen molar-refractivity contribution in [2.24, 2.45) is 0 Å². The molecule has 0 N–H and O–H groups in total. The van der Waals surface area contributed by atoms with Crippen LogP contribution in [0.3, 0.4) is 0 Å². The maximum atomic E-state index is 13.0. The van der Waals surface area contributed by atoms with Gasteiger partial charge in [0.05, 0.1) is 5.56 Å². The third kappa shape index (κ3) is 2.96. The van der Waals surface area contributed by atoms with E-state index in [-0.39, 0.29) is 33.8 Å². The molecule has 3 aromatic carbocycles. The lowest BCUT2D eigenvalue weighted by Crippen LogP contribution is -2.25. The van der Waals surface area contributed by atoms with Gasteiger partial charge in [-0.05, 0) is 19.1 Å². The summed E-state index contributed by atoms with van der Waals surface area (Å²) in [5.41, 5.74) is 1.85. The van der Waals surface area contributed by atoms with Crippen molar-refractivity contribution in [2.45, 2.75) is 6.92 Å². The second-order valence-corrected chi connectivity index (χ2v) is 7.48. The minimum absolute atomic E-state index is 0.00596. The molecule has 0 amide bonds. The number of para-hydroxylation sites is 1. The minimum atomic E-state index is -0.857. The van der Waals surface area contributed by atoms with Gasteiger partial charge in [-0.2, -0.15) is 0 Å². The van der Waals surface area contributed by atoms with Crippen LogP contribution in [0.4, 0.5) is 0 Å². The van der Waals surface area contributed by atoms with Crippen LogP contribution in [-0.2, 0) is 4.74 Å². The number of furan rings is 1. The number of aryl methyl sites for hydroxylation is 1. The van der Waals surface area contributed by atoms with Crippen molar-refractivity contribution in [1.82, 2.24) is 0 Å². The number of esters is 1. The summed E-state index contributed by atoms with van der Waals surface area (Å²) in [5.74, 6) is -2.00. The summed E-state index contributed by atoms with van der Waals surface area (Å²) in [6, 6.07) is 18.1. The number of carbonyl (C=O) groups is 4. The van der Waals surface area contributed by atoms with Crippen LogP contribution in [-0.4, -0.2) is 29.9 Å². The van der Waals surface area contributed by atoms with Gasteiger partial charge in [-0.15, -0.1) is 0 Å². The molecule has 1 heterocycles. The van der Waals surface area contributed by atoms with Crippen LogP contribution in [0.25, 0.3) is 11.0 Å². The molecular weight excluding hydrogens is 408 g/mol. The largest absolute Gasteiger partial charge is 0.454 e. The highest BCUT2D eigenvalue weighted by molar-refractivity contribution is 6.30. The van der Waals surface area contributed by atoms with Crippen LogP contribution in [0.1, 0.15) is 58.3 Å². The fourth-order valence-corrected chi connectivity index (χ4v) is 4.03. The van der Waals surface area contributed by atoms with Crippen molar-refractivity contribution in [3.05, 3.63) is 106 Å². The number of hydrogen-bond acceptors (Lipinski definition) is 6. The Balaban J connectivity index is 1.42. The first-order valence-corrected chi connectivity index (χ1v) is 9.97. The lowest BCUT2D eigenvalue weighted by atomic mass is 9.82. The van der Waals surface area contributed by atoms with Gasteiger partial charge in [0.25, 0.3) is 0 Å². The molecule has 0 aliphatic heterocycles. The zero-order valence-corrected chi connectivity index (χ0v) is 17.0. The van der Waals surface area contributed by atoms with E-state index in [1.807, 2.05) is 12.1 Å². The highest BCUT2D eigenvalue weighted by Crippen LogP contribution is 2.30. The normalized spacial score (nSPS) is 12.4. The summed E-state index contributed by atoms with van der Waals surface area (Å²) in [7, 11) is 0. The maximum absolute atomic E-state index is 13.0. The highest BCUT2D eigenvalue weighted by Gasteiger charge is 2.33. The summed E-state index contributed by atoms with van der Waals surface area (Å²) in [5, 5.41) is 0.807. The fraction of sp³-hybridized carbons (Fsp3) is 0.0769. The van der Waals surface area contributed by atoms with Crippen LogP contribution in [0.2, 0.25) is 0 Å². The van der Waals surface area contributed by atoms with E-state index in [2.05, 4.69) is 0 Å². The SMILES string of the molecule is Cc1c(C(=O)COC(=O)c2cccc3c2C(=O)c2ccccc2C3=O)oc2ccccc12. The summed E-state index contributed by atoms with van der Waals surface area (Å²) in [6.07, 6.45) is 0. The molecule has 5 rings (SSSR count). The van der Waals surface area contributed by atoms with Gasteiger partial charge in [0.2, 0.25) is 5.78 Å². The average molecular weight is 424 g/mol. The number of hydrogen-bond donors (Lipinski definition) is 0. The van der Waals surface area contributed by atoms with Crippen molar-refractivity contribution >= 4 is 34.3 Å². The van der Waals surface area contributed by atoms with Crippen LogP contribution in [0, 0.1) is 6.92 Å². The van der Waals surface area contributed by atoms with Gasteiger partial charge in [0.15, 0.2) is 23.9 Å². The molecular formula is C26H16O6. The second-order valence-electron chi connectivity index (χ2n) is 7.48. The number of carbonyl (C=O) groups excluding carboxylic acids is 4. The van der Waals surface area contributed by atoms with Crippen LogP contribution >= 0.6 is 0 Å². The van der Waals surface area contributed by atoms with E-state index in [9.17, 15) is 19.2 Å². The third-order valence-corrected chi connectivity index (χ3v) is 5.60. The molecule has 0 saturated carbocycles. The lowest BCUT2D eigenvalue weighted by molar-refractivity contribution is 0.0466. The third-order valence-electron chi connectivity index (χ3n) is 5.60. The predicted octanol–water partition coefficient (Wildman–Crippen LogP) is 4.56. The van der Waals surface area contributed by atoms with Gasteiger partial charge in [-0.3, -0.25) is 14.4 Å². The van der Waals surface area contributed by atoms with Gasteiger partial charge < -0.3 is 9.15 Å². The van der Waals surface area contributed by atoms with E-state index in [0.717, 1.165) is 5.39 Å². The topological polar surface area (TPSA) is 90.7 Å². The highest BCUT2D eigenvalue weighted by atomic mass is 16.5. The van der Waals surface area contributed by atoms with Gasteiger partial charge in [0, 0.05) is 33.2 Å². The zero-order chi connectivity index (χ0) is 22.4. The van der Waals surface area contributed by atoms with Crippen LogP contribution < -0.4 is 0 Å². The quantitative estimate of drug-likeness (QED) is 0.310. The molecule has 6 heteroatoms. The molecule has 0 bridgehead atoms. The van der Waals surface area contributed by atoms with E-state index in [1.165, 1.54) is 18.2 Å². The molecule has 1 aliphatic rings. The van der Waals surface area contributed by atoms with Crippen LogP contribution in [0.5, 0.6) is 0 Å². The summed E-state index contributed by atoms with van der Waals surface area (Å²) in [6.45, 7) is 1.21. The predicted molar refractivity (Wildman–Crippen MR) is 115 cm³/mol. The first kappa shape index (κ1) is 19.6. The number of Topliss-reactive ketones (excluding diaryl/α,β-unsaturated/α-hetero) is 1. The molecule has 0 saturated heterocycles. The first-order chi connectivity index (χ1) is 15.5. The summed E-state index contributed by atoms with van der Waals surface area (Å²) in [4.78, 5) is 51.3. The Morgan fingerprint density at radius 1 is 0.812 bits per heavy atom. The molecule has 32 heavy (non-hydrogen) atoms. The molecule has 0 unspecified atom stereocenters. The molecule has 0 fully saturated rings. The molecule has 0 radical (unpaired) electrons. The van der Waals surface area contributed by atoms with Gasteiger partial charge in [-0.25, -0.2) is 4.79 Å². The Morgan fingerprint density at radius 3 is 2.22 bits per heavy atom. The Morgan fingerprint density at radius 2 is 1.47 bits per heavy atom. The molecule has 0 atom stereocenters. The van der Waals surface area contributed by atoms with E-state index >= 15 is 0 Å². The standard InChI is InChI=1S/C26H16O6/c1-14-15-7-4-5-12-21(15)32-25(14)20(27)13-31-26(30)19-11-6-10-18-22(19)24(29)17-9-3-2-8-16(17)23(18)28/h2-12H,13H2,1H3. The fourth-order valence-electron chi connectivity index (χ4n) is 4.03. The number of ether oxygens (including phenoxy) is 1. The van der Waals surface area contributed by atoms with E-state index in [0.29, 0.717) is 16.7 Å². The number of fused-ring (bicyclic) bond motifs is 3. The van der Waals surface area contributed by atoms with E-state index in [1.54, 1.807) is 43.3 Å². The number of rotatable bonds is 4. The van der Waals surface area contributed by atoms with Crippen molar-refractivity contribution in [3.8, 4) is 0 Å². The molecule has 1 aliphatic carbocycles. The van der Waals surface area contributed by atoms with E-state index in [4.69, 9.17) is 9.15 Å². The first-order valence-electron chi connectivity index (χ1n) is 9.97. The Kier molecular flexibility index (Phi) is 4.56. The van der Waals surface area contributed by atoms with Gasteiger partial charge in [-0.1, -0.05) is 54.6 Å². The van der Waals surface area contributed by atoms with Crippen LogP contribution in [0.15, 0.2) is 71.1 Å². The summed E-state index contributed by atoms with van der Waals surface area (Å²) < 4.78 is 10.8. The molecule has 4 aromatic rings. The van der Waals surface area contributed by atoms with Gasteiger partial charge >= 0.3 is 5.97 Å². The molecule has 1 aromatic heterocycles. The van der Waals surface area contributed by atoms with Gasteiger partial charge in [0.1, 0.15) is 5.58 Å². The van der Waals surface area contributed by atoms with Crippen molar-refractivity contribution in [2.75, 3.05) is 6.61 Å². The van der Waals surface area contributed by atoms with Crippen molar-refractivity contribution < 1.29 is 28.3 Å². The molecule has 6 nitrogen and oxygen atoms in total. The smallest absolute Gasteiger partial charge is 0.339 e. The van der Waals surface area contributed by atoms with Crippen molar-refractivity contribution in [3.63, 3.8) is 0 Å². The van der Waals surface area contributed by atoms with E-state index < -0.39 is 24.1 Å². The Bertz CT molecular complexity index is 1460. The molecule has 0 spiro atoms. The second kappa shape index (κ2) is 7.42. The number of benzene rings is 3. The zero-order valence-electron chi connectivity index (χ0n) is 17.0. The van der Waals surface area contributed by atoms with Crippen molar-refractivity contribution in [1.29, 1.82) is 0 Å². The maximum Gasteiger partial charge on any atom is 0.339 e. The Hall–Kier alpha value is -4.32. The monoisotopic (exact) mass is 424 g/mol. The molecule has 156 valence electrons.